The van der Waals surface area contributed by atoms with Gasteiger partial charge in [-0.25, -0.2) is 4.79 Å². The van der Waals surface area contributed by atoms with Crippen molar-refractivity contribution >= 4 is 22.6 Å². The summed E-state index contributed by atoms with van der Waals surface area (Å²) < 4.78 is 5.35. The average Bonchev–Trinajstić information content (AvgIpc) is 2.53. The highest BCUT2D eigenvalue weighted by atomic mass is 16.5. The van der Waals surface area contributed by atoms with E-state index >= 15 is 0 Å². The lowest BCUT2D eigenvalue weighted by Crippen LogP contribution is -2.38. The Morgan fingerprint density at radius 1 is 1.33 bits per heavy atom. The number of carboxylic acids is 1. The summed E-state index contributed by atoms with van der Waals surface area (Å²) in [5.74, 6) is -0.0258. The standard InChI is InChI=1S/C15H17N3O3/c19-14(20)10-21-12-5-7-18(8-6-12)15-13-4-2-1-3-11(13)9-16-17-15/h1-4,9,12H,5-8,10H2,(H,19,20). The lowest BCUT2D eigenvalue weighted by molar-refractivity contribution is -0.144. The normalized spacial score (nSPS) is 16.3. The molecular formula is C15H17N3O3. The van der Waals surface area contributed by atoms with Crippen LogP contribution >= 0.6 is 0 Å². The van der Waals surface area contributed by atoms with Gasteiger partial charge in [0.15, 0.2) is 5.82 Å². The smallest absolute Gasteiger partial charge is 0.329 e. The molecule has 0 aliphatic carbocycles. The highest BCUT2D eigenvalue weighted by Gasteiger charge is 2.22. The fourth-order valence-corrected chi connectivity index (χ4v) is 2.67. The van der Waals surface area contributed by atoms with Crippen LogP contribution in [0.5, 0.6) is 0 Å². The van der Waals surface area contributed by atoms with Gasteiger partial charge in [-0.15, -0.1) is 5.10 Å². The van der Waals surface area contributed by atoms with E-state index in [4.69, 9.17) is 9.84 Å². The van der Waals surface area contributed by atoms with Gasteiger partial charge in [0.25, 0.3) is 0 Å². The third-order valence-electron chi connectivity index (χ3n) is 3.74. The number of hydrogen-bond donors (Lipinski definition) is 1. The van der Waals surface area contributed by atoms with Crippen molar-refractivity contribution in [3.05, 3.63) is 30.5 Å². The van der Waals surface area contributed by atoms with Crippen LogP contribution in [0.3, 0.4) is 0 Å². The number of rotatable bonds is 4. The third-order valence-corrected chi connectivity index (χ3v) is 3.74. The molecule has 0 unspecified atom stereocenters. The minimum atomic E-state index is -0.919. The molecule has 0 radical (unpaired) electrons. The van der Waals surface area contributed by atoms with E-state index in [-0.39, 0.29) is 12.7 Å². The van der Waals surface area contributed by atoms with Crippen LogP contribution in [0.15, 0.2) is 30.5 Å². The molecule has 0 spiro atoms. The number of carbonyl (C=O) groups is 1. The second-order valence-electron chi connectivity index (χ2n) is 5.15. The molecule has 1 saturated heterocycles. The monoisotopic (exact) mass is 287 g/mol. The Morgan fingerprint density at radius 2 is 2.10 bits per heavy atom. The molecule has 1 aromatic carbocycles. The Balaban J connectivity index is 1.70. The molecule has 1 fully saturated rings. The van der Waals surface area contributed by atoms with Crippen molar-refractivity contribution in [3.63, 3.8) is 0 Å². The summed E-state index contributed by atoms with van der Waals surface area (Å²) in [6.45, 7) is 1.37. The van der Waals surface area contributed by atoms with Crippen LogP contribution in [0.25, 0.3) is 10.8 Å². The number of aromatic nitrogens is 2. The van der Waals surface area contributed by atoms with Gasteiger partial charge in [0, 0.05) is 23.9 Å². The number of aliphatic carboxylic acids is 1. The molecule has 0 amide bonds. The number of ether oxygens (including phenoxy) is 1. The van der Waals surface area contributed by atoms with Crippen molar-refractivity contribution in [2.75, 3.05) is 24.6 Å². The maximum atomic E-state index is 10.5. The largest absolute Gasteiger partial charge is 0.480 e. The van der Waals surface area contributed by atoms with E-state index in [2.05, 4.69) is 15.1 Å². The minimum Gasteiger partial charge on any atom is -0.480 e. The second kappa shape index (κ2) is 6.05. The van der Waals surface area contributed by atoms with E-state index in [1.807, 2.05) is 24.3 Å². The predicted molar refractivity (Wildman–Crippen MR) is 78.4 cm³/mol. The van der Waals surface area contributed by atoms with Gasteiger partial charge in [-0.3, -0.25) is 0 Å². The van der Waals surface area contributed by atoms with Gasteiger partial charge in [0.05, 0.1) is 12.3 Å². The topological polar surface area (TPSA) is 75.6 Å². The van der Waals surface area contributed by atoms with Crippen molar-refractivity contribution in [3.8, 4) is 0 Å². The maximum absolute atomic E-state index is 10.5. The molecule has 3 rings (SSSR count). The molecule has 2 heterocycles. The first-order valence-electron chi connectivity index (χ1n) is 7.03. The molecule has 1 aromatic heterocycles. The molecule has 6 heteroatoms. The van der Waals surface area contributed by atoms with Crippen molar-refractivity contribution in [2.45, 2.75) is 18.9 Å². The summed E-state index contributed by atoms with van der Waals surface area (Å²) in [5.41, 5.74) is 0. The summed E-state index contributed by atoms with van der Waals surface area (Å²) in [5, 5.41) is 19.1. The lowest BCUT2D eigenvalue weighted by Gasteiger charge is -2.32. The van der Waals surface area contributed by atoms with E-state index < -0.39 is 5.97 Å². The van der Waals surface area contributed by atoms with Gasteiger partial charge < -0.3 is 14.7 Å². The van der Waals surface area contributed by atoms with Crippen molar-refractivity contribution < 1.29 is 14.6 Å². The van der Waals surface area contributed by atoms with Crippen molar-refractivity contribution in [1.29, 1.82) is 0 Å². The van der Waals surface area contributed by atoms with Crippen molar-refractivity contribution in [1.82, 2.24) is 10.2 Å². The Bertz CT molecular complexity index is 634. The van der Waals surface area contributed by atoms with Crippen molar-refractivity contribution in [2.24, 2.45) is 0 Å². The number of fused-ring (bicyclic) bond motifs is 1. The molecule has 6 nitrogen and oxygen atoms in total. The fraction of sp³-hybridized carbons (Fsp3) is 0.400. The number of anilines is 1. The Hall–Kier alpha value is -2.21. The number of nitrogens with zero attached hydrogens (tertiary/aromatic N) is 3. The first-order chi connectivity index (χ1) is 10.2. The third kappa shape index (κ3) is 3.11. The Kier molecular flexibility index (Phi) is 3.96. The zero-order valence-electron chi connectivity index (χ0n) is 11.6. The summed E-state index contributed by atoms with van der Waals surface area (Å²) in [6.07, 6.45) is 3.39. The molecule has 0 saturated carbocycles. The highest BCUT2D eigenvalue weighted by molar-refractivity contribution is 5.91. The first-order valence-corrected chi connectivity index (χ1v) is 7.03. The summed E-state index contributed by atoms with van der Waals surface area (Å²) >= 11 is 0. The molecule has 110 valence electrons. The Morgan fingerprint density at radius 3 is 2.86 bits per heavy atom. The van der Waals surface area contributed by atoms with E-state index in [0.717, 1.165) is 42.5 Å². The van der Waals surface area contributed by atoms with E-state index in [1.165, 1.54) is 0 Å². The predicted octanol–water partition coefficient (Wildman–Crippen LogP) is 1.70. The number of piperidine rings is 1. The quantitative estimate of drug-likeness (QED) is 0.922. The van der Waals surface area contributed by atoms with E-state index in [0.29, 0.717) is 0 Å². The van der Waals surface area contributed by atoms with E-state index in [1.54, 1.807) is 6.20 Å². The SMILES string of the molecule is O=C(O)COC1CCN(c2nncc3ccccc23)CC1. The van der Waals surface area contributed by atoms with Gasteiger partial charge in [-0.05, 0) is 12.8 Å². The second-order valence-corrected chi connectivity index (χ2v) is 5.15. The molecule has 0 bridgehead atoms. The summed E-state index contributed by atoms with van der Waals surface area (Å²) in [7, 11) is 0. The van der Waals surface area contributed by atoms with Gasteiger partial charge in [0.1, 0.15) is 6.61 Å². The van der Waals surface area contributed by atoms with Crippen LogP contribution in [0.2, 0.25) is 0 Å². The molecule has 1 aliphatic rings. The minimum absolute atomic E-state index is 0.0142. The van der Waals surface area contributed by atoms with Gasteiger partial charge >= 0.3 is 5.97 Å². The number of benzene rings is 1. The summed E-state index contributed by atoms with van der Waals surface area (Å²) in [4.78, 5) is 12.7. The molecule has 1 N–H and O–H groups in total. The summed E-state index contributed by atoms with van der Waals surface area (Å²) in [6, 6.07) is 8.05. The van der Waals surface area contributed by atoms with Crippen LogP contribution < -0.4 is 4.90 Å². The average molecular weight is 287 g/mol. The first kappa shape index (κ1) is 13.8. The van der Waals surface area contributed by atoms with Crippen LogP contribution in [0, 0.1) is 0 Å². The molecule has 1 aliphatic heterocycles. The van der Waals surface area contributed by atoms with Gasteiger partial charge in [-0.1, -0.05) is 24.3 Å². The molecular weight excluding hydrogens is 270 g/mol. The highest BCUT2D eigenvalue weighted by Crippen LogP contribution is 2.26. The molecule has 2 aromatic rings. The molecule has 0 atom stereocenters. The van der Waals surface area contributed by atoms with Crippen LogP contribution in [-0.4, -0.2) is 47.1 Å². The Labute approximate surface area is 122 Å². The van der Waals surface area contributed by atoms with Gasteiger partial charge in [-0.2, -0.15) is 5.10 Å². The number of hydrogen-bond acceptors (Lipinski definition) is 5. The van der Waals surface area contributed by atoms with Crippen LogP contribution in [0.1, 0.15) is 12.8 Å². The number of carboxylic acid groups (broad SMARTS) is 1. The van der Waals surface area contributed by atoms with Crippen LogP contribution in [0.4, 0.5) is 5.82 Å². The lowest BCUT2D eigenvalue weighted by atomic mass is 10.1. The maximum Gasteiger partial charge on any atom is 0.329 e. The zero-order valence-corrected chi connectivity index (χ0v) is 11.6. The molecule has 21 heavy (non-hydrogen) atoms. The van der Waals surface area contributed by atoms with E-state index in [9.17, 15) is 4.79 Å². The fourth-order valence-electron chi connectivity index (χ4n) is 2.67. The van der Waals surface area contributed by atoms with Crippen LogP contribution in [-0.2, 0) is 9.53 Å². The van der Waals surface area contributed by atoms with Gasteiger partial charge in [0.2, 0.25) is 0 Å². The zero-order chi connectivity index (χ0) is 14.7.